The molecular weight excluding hydrogens is 310 g/mol. The van der Waals surface area contributed by atoms with Crippen LogP contribution in [0.1, 0.15) is 33.1 Å². The molecule has 0 aliphatic carbocycles. The molecule has 6 heteroatoms. The Kier molecular flexibility index (Phi) is 4.96. The van der Waals surface area contributed by atoms with E-state index in [4.69, 9.17) is 14.3 Å². The van der Waals surface area contributed by atoms with Crippen LogP contribution in [0.4, 0.5) is 0 Å². The lowest BCUT2D eigenvalue weighted by molar-refractivity contribution is 0.0649. The van der Waals surface area contributed by atoms with Crippen molar-refractivity contribution >= 4 is 11.9 Å². The summed E-state index contributed by atoms with van der Waals surface area (Å²) in [4.78, 5) is 24.8. The van der Waals surface area contributed by atoms with Crippen molar-refractivity contribution in [3.8, 4) is 0 Å². The van der Waals surface area contributed by atoms with Crippen LogP contribution in [0.2, 0.25) is 0 Å². The molecule has 6 nitrogen and oxygen atoms in total. The predicted octanol–water partition coefficient (Wildman–Crippen LogP) is 2.66. The predicted molar refractivity (Wildman–Crippen MR) is 85.8 cm³/mol. The van der Waals surface area contributed by atoms with Crippen LogP contribution in [0.5, 0.6) is 0 Å². The highest BCUT2D eigenvalue weighted by Gasteiger charge is 2.29. The summed E-state index contributed by atoms with van der Waals surface area (Å²) >= 11 is 0. The van der Waals surface area contributed by atoms with E-state index >= 15 is 0 Å². The topological polar surface area (TPSA) is 80.0 Å². The number of aromatic carboxylic acids is 1. The van der Waals surface area contributed by atoms with Gasteiger partial charge in [0.2, 0.25) is 5.76 Å². The fourth-order valence-corrected chi connectivity index (χ4v) is 2.79. The molecule has 1 aromatic heterocycles. The smallest absolute Gasteiger partial charge is 0.371 e. The van der Waals surface area contributed by atoms with Gasteiger partial charge in [0.25, 0.3) is 5.91 Å². The van der Waals surface area contributed by atoms with E-state index in [0.717, 1.165) is 12.0 Å². The van der Waals surface area contributed by atoms with Gasteiger partial charge in [0, 0.05) is 19.0 Å². The summed E-state index contributed by atoms with van der Waals surface area (Å²) in [5.41, 5.74) is 1.13. The van der Waals surface area contributed by atoms with Crippen LogP contribution in [-0.2, 0) is 11.3 Å². The van der Waals surface area contributed by atoms with E-state index in [0.29, 0.717) is 26.3 Å². The summed E-state index contributed by atoms with van der Waals surface area (Å²) in [7, 11) is 0. The molecule has 2 heterocycles. The Hall–Kier alpha value is -2.60. The fraction of sp³-hybridized carbons (Fsp3) is 0.333. The average molecular weight is 329 g/mol. The highest BCUT2D eigenvalue weighted by Crippen LogP contribution is 2.20. The Morgan fingerprint density at radius 3 is 2.62 bits per heavy atom. The minimum absolute atomic E-state index is 0.0678. The maximum Gasteiger partial charge on any atom is 0.371 e. The summed E-state index contributed by atoms with van der Waals surface area (Å²) in [5, 5.41) is 8.84. The van der Waals surface area contributed by atoms with Crippen LogP contribution >= 0.6 is 0 Å². The van der Waals surface area contributed by atoms with Crippen molar-refractivity contribution in [1.29, 1.82) is 0 Å². The number of ether oxygens (including phenoxy) is 1. The molecular formula is C18H19NO5. The third-order valence-electron chi connectivity index (χ3n) is 4.07. The molecule has 0 saturated carbocycles. The van der Waals surface area contributed by atoms with Crippen molar-refractivity contribution in [3.05, 3.63) is 59.5 Å². The van der Waals surface area contributed by atoms with Gasteiger partial charge in [-0.05, 0) is 24.1 Å². The van der Waals surface area contributed by atoms with Gasteiger partial charge in [-0.1, -0.05) is 30.3 Å². The van der Waals surface area contributed by atoms with Gasteiger partial charge in [-0.25, -0.2) is 4.79 Å². The fourth-order valence-electron chi connectivity index (χ4n) is 2.79. The number of carboxylic acids is 1. The highest BCUT2D eigenvalue weighted by atomic mass is 16.5. The van der Waals surface area contributed by atoms with Crippen molar-refractivity contribution in [2.75, 3.05) is 19.7 Å². The molecule has 0 spiro atoms. The standard InChI is InChI=1S/C18H19NO5/c20-17(15-6-7-16(24-15)18(21)22)19-9-8-14(10-19)12-23-11-13-4-2-1-3-5-13/h1-7,14H,8-12H2,(H,21,22). The third kappa shape index (κ3) is 3.83. The van der Waals surface area contributed by atoms with E-state index in [9.17, 15) is 9.59 Å². The molecule has 126 valence electrons. The molecule has 1 aliphatic rings. The Labute approximate surface area is 139 Å². The molecule has 0 bridgehead atoms. The maximum atomic E-state index is 12.3. The van der Waals surface area contributed by atoms with Crippen molar-refractivity contribution in [1.82, 2.24) is 4.90 Å². The van der Waals surface area contributed by atoms with Crippen molar-refractivity contribution in [2.45, 2.75) is 13.0 Å². The minimum Gasteiger partial charge on any atom is -0.475 e. The number of hydrogen-bond donors (Lipinski definition) is 1. The molecule has 24 heavy (non-hydrogen) atoms. The molecule has 2 aromatic rings. The van der Waals surface area contributed by atoms with Crippen molar-refractivity contribution in [2.24, 2.45) is 5.92 Å². The SMILES string of the molecule is O=C(O)c1ccc(C(=O)N2CCC(COCc3ccccc3)C2)o1. The number of carboxylic acid groups (broad SMARTS) is 1. The van der Waals surface area contributed by atoms with Crippen LogP contribution in [-0.4, -0.2) is 41.6 Å². The number of furan rings is 1. The van der Waals surface area contributed by atoms with Gasteiger partial charge in [-0.3, -0.25) is 4.79 Å². The van der Waals surface area contributed by atoms with E-state index in [1.165, 1.54) is 12.1 Å². The van der Waals surface area contributed by atoms with Crippen LogP contribution in [0.15, 0.2) is 46.9 Å². The van der Waals surface area contributed by atoms with Gasteiger partial charge in [-0.2, -0.15) is 0 Å². The summed E-state index contributed by atoms with van der Waals surface area (Å²) in [6, 6.07) is 12.7. The number of carbonyl (C=O) groups excluding carboxylic acids is 1. The number of amides is 1. The monoisotopic (exact) mass is 329 g/mol. The molecule has 0 radical (unpaired) electrons. The van der Waals surface area contributed by atoms with Crippen molar-refractivity contribution in [3.63, 3.8) is 0 Å². The first-order chi connectivity index (χ1) is 11.6. The number of hydrogen-bond acceptors (Lipinski definition) is 4. The van der Waals surface area contributed by atoms with E-state index < -0.39 is 5.97 Å². The number of nitrogens with zero attached hydrogens (tertiary/aromatic N) is 1. The van der Waals surface area contributed by atoms with E-state index in [2.05, 4.69) is 0 Å². The van der Waals surface area contributed by atoms with Crippen LogP contribution < -0.4 is 0 Å². The van der Waals surface area contributed by atoms with Crippen molar-refractivity contribution < 1.29 is 23.8 Å². The molecule has 1 unspecified atom stereocenters. The Balaban J connectivity index is 1.47. The second-order valence-electron chi connectivity index (χ2n) is 5.88. The van der Waals surface area contributed by atoms with Gasteiger partial charge in [0.15, 0.2) is 5.76 Å². The molecule has 1 aromatic carbocycles. The summed E-state index contributed by atoms with van der Waals surface area (Å²) in [5.74, 6) is -1.32. The molecule has 1 amide bonds. The minimum atomic E-state index is -1.18. The molecule has 1 saturated heterocycles. The summed E-state index contributed by atoms with van der Waals surface area (Å²) in [6.07, 6.45) is 0.868. The zero-order valence-corrected chi connectivity index (χ0v) is 13.2. The Bertz CT molecular complexity index is 709. The van der Waals surface area contributed by atoms with E-state index in [1.807, 2.05) is 30.3 Å². The Morgan fingerprint density at radius 1 is 1.17 bits per heavy atom. The number of benzene rings is 1. The quantitative estimate of drug-likeness (QED) is 0.881. The first-order valence-electron chi connectivity index (χ1n) is 7.87. The summed E-state index contributed by atoms with van der Waals surface area (Å²) < 4.78 is 10.8. The zero-order valence-electron chi connectivity index (χ0n) is 13.2. The Morgan fingerprint density at radius 2 is 1.92 bits per heavy atom. The molecule has 3 rings (SSSR count). The van der Waals surface area contributed by atoms with Gasteiger partial charge in [0.05, 0.1) is 13.2 Å². The largest absolute Gasteiger partial charge is 0.475 e. The summed E-state index contributed by atoms with van der Waals surface area (Å²) in [6.45, 7) is 2.38. The van der Waals surface area contributed by atoms with Gasteiger partial charge in [0.1, 0.15) is 0 Å². The van der Waals surface area contributed by atoms with E-state index in [-0.39, 0.29) is 23.3 Å². The number of rotatable bonds is 6. The first-order valence-corrected chi connectivity index (χ1v) is 7.87. The number of carbonyl (C=O) groups is 2. The van der Waals surface area contributed by atoms with E-state index in [1.54, 1.807) is 4.90 Å². The van der Waals surface area contributed by atoms with Crippen LogP contribution in [0.3, 0.4) is 0 Å². The van der Waals surface area contributed by atoms with Gasteiger partial charge in [-0.15, -0.1) is 0 Å². The van der Waals surface area contributed by atoms with Crippen LogP contribution in [0, 0.1) is 5.92 Å². The molecule has 1 aliphatic heterocycles. The average Bonchev–Trinajstić information content (AvgIpc) is 3.25. The van der Waals surface area contributed by atoms with Crippen LogP contribution in [0.25, 0.3) is 0 Å². The number of likely N-dealkylation sites (tertiary alicyclic amines) is 1. The zero-order chi connectivity index (χ0) is 16.9. The lowest BCUT2D eigenvalue weighted by Crippen LogP contribution is -2.29. The maximum absolute atomic E-state index is 12.3. The van der Waals surface area contributed by atoms with Gasteiger partial charge < -0.3 is 19.2 Å². The third-order valence-corrected chi connectivity index (χ3v) is 4.07. The highest BCUT2D eigenvalue weighted by molar-refractivity contribution is 5.93. The second-order valence-corrected chi connectivity index (χ2v) is 5.88. The normalized spacial score (nSPS) is 17.2. The molecule has 1 N–H and O–H groups in total. The lowest BCUT2D eigenvalue weighted by atomic mass is 10.1. The first kappa shape index (κ1) is 16.3. The molecule has 1 atom stereocenters. The second kappa shape index (κ2) is 7.31. The molecule has 1 fully saturated rings. The lowest BCUT2D eigenvalue weighted by Gasteiger charge is -2.15. The van der Waals surface area contributed by atoms with Gasteiger partial charge >= 0.3 is 5.97 Å².